The Labute approximate surface area is 338 Å². The molecule has 0 fully saturated rings. The van der Waals surface area contributed by atoms with Crippen molar-refractivity contribution in [1.29, 1.82) is 0 Å². The number of benzene rings is 2. The minimum Gasteiger partial charge on any atom is -0.494 e. The molecule has 16 heteroatoms. The van der Waals surface area contributed by atoms with Crippen LogP contribution in [-0.2, 0) is 28.7 Å². The molecule has 3 amide bonds. The highest BCUT2D eigenvalue weighted by atomic mass is 16.6. The topological polar surface area (TPSA) is 198 Å². The van der Waals surface area contributed by atoms with Crippen LogP contribution in [0.4, 0.5) is 28.4 Å². The number of amides is 3. The molecule has 3 rings (SSSR count). The number of carbonyl (C=O) groups is 4. The first-order chi connectivity index (χ1) is 28.5. The molecule has 0 saturated heterocycles. The second-order valence-corrected chi connectivity index (χ2v) is 13.0. The predicted molar refractivity (Wildman–Crippen MR) is 218 cm³/mol. The summed E-state index contributed by atoms with van der Waals surface area (Å²) in [6.07, 6.45) is 5.59. The number of aryl methyl sites for hydroxylation is 1. The molecular weight excluding hydrogens is 731 g/mol. The largest absolute Gasteiger partial charge is 0.494 e. The van der Waals surface area contributed by atoms with E-state index in [0.717, 1.165) is 24.1 Å². The van der Waals surface area contributed by atoms with Gasteiger partial charge in [-0.1, -0.05) is 13.3 Å². The Morgan fingerprint density at radius 2 is 1.51 bits per heavy atom. The van der Waals surface area contributed by atoms with Gasteiger partial charge in [-0.2, -0.15) is 15.3 Å². The molecule has 1 aromatic heterocycles. The van der Waals surface area contributed by atoms with E-state index >= 15 is 0 Å². The average Bonchev–Trinajstić information content (AvgIpc) is 3.24. The fourth-order valence-corrected chi connectivity index (χ4v) is 5.36. The van der Waals surface area contributed by atoms with Crippen molar-refractivity contribution in [3.05, 3.63) is 66.5 Å². The van der Waals surface area contributed by atoms with Crippen LogP contribution >= 0.6 is 0 Å². The van der Waals surface area contributed by atoms with E-state index in [9.17, 15) is 19.2 Å². The molecule has 0 aliphatic carbocycles. The molecule has 0 bridgehead atoms. The van der Waals surface area contributed by atoms with Crippen LogP contribution in [0.25, 0.3) is 0 Å². The van der Waals surface area contributed by atoms with Crippen LogP contribution in [0.3, 0.4) is 0 Å². The number of methoxy groups -OCH3 is 2. The molecule has 0 saturated carbocycles. The van der Waals surface area contributed by atoms with Gasteiger partial charge in [0, 0.05) is 76.7 Å². The zero-order valence-corrected chi connectivity index (χ0v) is 33.4. The Bertz CT molecular complexity index is 1820. The van der Waals surface area contributed by atoms with Gasteiger partial charge in [-0.05, 0) is 81.1 Å². The summed E-state index contributed by atoms with van der Waals surface area (Å²) in [6, 6.07) is 14.8. The standard InChI is InChI=1S/C41H57N9O7/c1-6-21-43-39(52)16-17-41(54)57-34(29-55-4)28-45-38(51)11-9-8-10-22-44-40(53)20-25-50(7-2)33-14-12-31(13-15-33)46-49-36-26-30(3)35(27-37(36)56-5)48-47-32-18-23-42-24-19-32/h12-15,18-19,23-24,26-27,34H,6-11,16-17,20-22,25,28-29H2,1-5H3,(H,43,52)(H,44,53)(H,45,51)/i4TD. The Kier molecular flexibility index (Phi) is 19.4. The number of hydrogen-bond donors (Lipinski definition) is 3. The smallest absolute Gasteiger partial charge is 0.306 e. The first-order valence-corrected chi connectivity index (χ1v) is 19.2. The third-order valence-electron chi connectivity index (χ3n) is 8.55. The van der Waals surface area contributed by atoms with E-state index in [1.165, 1.54) is 0 Å². The molecule has 3 aromatic rings. The van der Waals surface area contributed by atoms with Crippen LogP contribution in [0, 0.1) is 6.92 Å². The molecule has 1 heterocycles. The number of hydrogen-bond acceptors (Lipinski definition) is 13. The van der Waals surface area contributed by atoms with E-state index in [-0.39, 0.29) is 50.1 Å². The molecule has 0 radical (unpaired) electrons. The van der Waals surface area contributed by atoms with Crippen molar-refractivity contribution in [2.75, 3.05) is 58.4 Å². The zero-order valence-electron chi connectivity index (χ0n) is 35.4. The number of esters is 1. The average molecular weight is 791 g/mol. The molecule has 16 nitrogen and oxygen atoms in total. The normalized spacial score (nSPS) is 12.7. The van der Waals surface area contributed by atoms with Crippen molar-refractivity contribution in [3.63, 3.8) is 0 Å². The maximum Gasteiger partial charge on any atom is 0.306 e. The van der Waals surface area contributed by atoms with Crippen LogP contribution in [0.2, 0.25) is 0 Å². The van der Waals surface area contributed by atoms with Gasteiger partial charge in [0.2, 0.25) is 17.7 Å². The number of unbranched alkanes of at least 4 members (excludes halogenated alkanes) is 2. The second kappa shape index (κ2) is 26.2. The molecule has 308 valence electrons. The van der Waals surface area contributed by atoms with Crippen molar-refractivity contribution in [2.45, 2.75) is 78.2 Å². The maximum absolute atomic E-state index is 12.6. The van der Waals surface area contributed by atoms with Gasteiger partial charge in [0.1, 0.15) is 17.5 Å². The summed E-state index contributed by atoms with van der Waals surface area (Å²) < 4.78 is 30.3. The van der Waals surface area contributed by atoms with Gasteiger partial charge in [-0.25, -0.2) is 0 Å². The molecule has 2 atom stereocenters. The molecule has 2 aromatic carbocycles. The second-order valence-electron chi connectivity index (χ2n) is 13.0. The van der Waals surface area contributed by atoms with Crippen molar-refractivity contribution in [3.8, 4) is 5.75 Å². The fourth-order valence-electron chi connectivity index (χ4n) is 5.36. The number of anilines is 1. The third kappa shape index (κ3) is 17.7. The van der Waals surface area contributed by atoms with Crippen LogP contribution in [-0.4, -0.2) is 88.3 Å². The van der Waals surface area contributed by atoms with Gasteiger partial charge >= 0.3 is 5.97 Å². The lowest BCUT2D eigenvalue weighted by molar-refractivity contribution is -0.152. The summed E-state index contributed by atoms with van der Waals surface area (Å²) in [4.78, 5) is 55.1. The van der Waals surface area contributed by atoms with E-state index in [1.807, 2.05) is 51.1 Å². The quantitative estimate of drug-likeness (QED) is 0.0431. The molecule has 57 heavy (non-hydrogen) atoms. The Hall–Kier alpha value is -5.77. The number of rotatable bonds is 26. The minimum absolute atomic E-state index is 0.0283. The number of azo groups is 2. The summed E-state index contributed by atoms with van der Waals surface area (Å²) in [5.74, 6) is -0.692. The number of nitrogens with zero attached hydrogens (tertiary/aromatic N) is 6. The van der Waals surface area contributed by atoms with Gasteiger partial charge in [0.25, 0.3) is 0 Å². The van der Waals surface area contributed by atoms with Gasteiger partial charge in [0.15, 0.2) is 0 Å². The highest BCUT2D eigenvalue weighted by Gasteiger charge is 2.17. The summed E-state index contributed by atoms with van der Waals surface area (Å²) in [7, 11) is -0.0103. The molecule has 0 aliphatic heterocycles. The number of carbonyl (C=O) groups excluding carboxylic acids is 4. The lowest BCUT2D eigenvalue weighted by Crippen LogP contribution is -2.37. The number of aromatic nitrogens is 1. The predicted octanol–water partition coefficient (Wildman–Crippen LogP) is 7.10. The molecule has 0 spiro atoms. The highest BCUT2D eigenvalue weighted by Crippen LogP contribution is 2.36. The number of ether oxygens (including phenoxy) is 3. The Morgan fingerprint density at radius 3 is 2.21 bits per heavy atom. The summed E-state index contributed by atoms with van der Waals surface area (Å²) in [5, 5.41) is 25.8. The first kappa shape index (κ1) is 42.4. The maximum atomic E-state index is 12.6. The zero-order chi connectivity index (χ0) is 42.8. The van der Waals surface area contributed by atoms with Crippen LogP contribution in [0.15, 0.2) is 81.4 Å². The SMILES string of the molecule is [2H]C([3H])OCC(CNC(=O)CCCCCNC(=O)CCN(CC)c1ccc(N=Nc2cc(C)c(N=Nc3ccncc3)cc2OC)cc1)OC(=O)CCC(=O)NCCC. The van der Waals surface area contributed by atoms with Crippen molar-refractivity contribution in [1.82, 2.24) is 20.9 Å². The molecule has 0 aliphatic rings. The summed E-state index contributed by atoms with van der Waals surface area (Å²) in [6.45, 7) is 7.83. The Balaban J connectivity index is 1.35. The molecule has 3 N–H and O–H groups in total. The van der Waals surface area contributed by atoms with E-state index in [1.54, 1.807) is 37.7 Å². The number of nitrogens with one attached hydrogen (secondary N) is 3. The Morgan fingerprint density at radius 1 is 0.825 bits per heavy atom. The summed E-state index contributed by atoms with van der Waals surface area (Å²) in [5.41, 5.74) is 4.38. The minimum atomic E-state index is -1.57. The van der Waals surface area contributed by atoms with Crippen molar-refractivity contribution >= 4 is 52.1 Å². The highest BCUT2D eigenvalue weighted by molar-refractivity contribution is 5.81. The van der Waals surface area contributed by atoms with E-state index in [2.05, 4.69) is 46.3 Å². The van der Waals surface area contributed by atoms with Gasteiger partial charge in [0.05, 0.1) is 46.5 Å². The van der Waals surface area contributed by atoms with E-state index in [0.29, 0.717) is 73.9 Å². The first-order valence-electron chi connectivity index (χ1n) is 20.4. The molecule has 2 unspecified atom stereocenters. The van der Waals surface area contributed by atoms with Gasteiger partial charge in [-0.15, -0.1) is 5.11 Å². The van der Waals surface area contributed by atoms with Crippen molar-refractivity contribution in [2.24, 2.45) is 20.5 Å². The monoisotopic (exact) mass is 790 g/mol. The lowest BCUT2D eigenvalue weighted by Gasteiger charge is -2.23. The van der Waals surface area contributed by atoms with E-state index < -0.39 is 19.1 Å². The lowest BCUT2D eigenvalue weighted by atomic mass is 10.1. The van der Waals surface area contributed by atoms with Gasteiger partial charge < -0.3 is 35.1 Å². The van der Waals surface area contributed by atoms with Gasteiger partial charge in [-0.3, -0.25) is 24.2 Å². The van der Waals surface area contributed by atoms with Crippen molar-refractivity contribution < 1.29 is 36.1 Å². The van der Waals surface area contributed by atoms with Crippen LogP contribution in [0.1, 0.15) is 73.5 Å². The third-order valence-corrected chi connectivity index (χ3v) is 8.55. The fraction of sp³-hybridized carbons (Fsp3) is 0.488. The number of pyridine rings is 1. The molecular formula is C41H57N9O7. The van der Waals surface area contributed by atoms with Crippen LogP contribution < -0.4 is 25.6 Å². The van der Waals surface area contributed by atoms with Crippen LogP contribution in [0.5, 0.6) is 5.75 Å². The summed E-state index contributed by atoms with van der Waals surface area (Å²) >= 11 is 0. The van der Waals surface area contributed by atoms with E-state index in [4.69, 9.17) is 17.0 Å².